The molecular weight excluding hydrogens is 212 g/mol. The Morgan fingerprint density at radius 3 is 1.94 bits per heavy atom. The van der Waals surface area contributed by atoms with Gasteiger partial charge in [-0.2, -0.15) is 0 Å². The fourth-order valence-corrected chi connectivity index (χ4v) is 1.96. The molecule has 1 aromatic rings. The van der Waals surface area contributed by atoms with E-state index < -0.39 is 5.60 Å². The van der Waals surface area contributed by atoms with Crippen LogP contribution in [0.1, 0.15) is 51.3 Å². The van der Waals surface area contributed by atoms with Gasteiger partial charge in [0.1, 0.15) is 5.75 Å². The third kappa shape index (κ3) is 3.01. The zero-order valence-corrected chi connectivity index (χ0v) is 12.0. The first-order chi connectivity index (χ1) is 7.57. The van der Waals surface area contributed by atoms with Gasteiger partial charge < -0.3 is 9.84 Å². The van der Waals surface area contributed by atoms with Gasteiger partial charge in [0.15, 0.2) is 0 Å². The third-order valence-corrected chi connectivity index (χ3v) is 2.99. The Hall–Kier alpha value is -1.02. The zero-order chi connectivity index (χ0) is 13.4. The highest BCUT2D eigenvalue weighted by atomic mass is 16.5. The number of aryl methyl sites for hydroxylation is 1. The summed E-state index contributed by atoms with van der Waals surface area (Å²) >= 11 is 0. The number of methoxy groups -OCH3 is 1. The van der Waals surface area contributed by atoms with Crippen LogP contribution in [0.15, 0.2) is 12.1 Å². The van der Waals surface area contributed by atoms with Gasteiger partial charge in [0.05, 0.1) is 12.7 Å². The summed E-state index contributed by atoms with van der Waals surface area (Å²) in [6, 6.07) is 4.04. The molecule has 2 heteroatoms. The van der Waals surface area contributed by atoms with Crippen molar-refractivity contribution >= 4 is 0 Å². The van der Waals surface area contributed by atoms with E-state index in [1.54, 1.807) is 21.0 Å². The van der Waals surface area contributed by atoms with Gasteiger partial charge in [-0.1, -0.05) is 20.8 Å². The lowest BCUT2D eigenvalue weighted by molar-refractivity contribution is 0.0783. The van der Waals surface area contributed by atoms with Crippen LogP contribution in [0, 0.1) is 6.92 Å². The molecule has 1 N–H and O–H groups in total. The maximum atomic E-state index is 10.1. The van der Waals surface area contributed by atoms with Crippen molar-refractivity contribution < 1.29 is 9.84 Å². The van der Waals surface area contributed by atoms with Gasteiger partial charge in [-0.15, -0.1) is 0 Å². The first kappa shape index (κ1) is 14.0. The van der Waals surface area contributed by atoms with Gasteiger partial charge in [-0.25, -0.2) is 0 Å². The van der Waals surface area contributed by atoms with Crippen molar-refractivity contribution in [2.75, 3.05) is 7.11 Å². The molecule has 2 nitrogen and oxygen atoms in total. The minimum Gasteiger partial charge on any atom is -0.496 e. The molecule has 0 heterocycles. The number of aliphatic hydroxyl groups is 1. The molecule has 0 amide bonds. The Labute approximate surface area is 105 Å². The fourth-order valence-electron chi connectivity index (χ4n) is 1.96. The summed E-state index contributed by atoms with van der Waals surface area (Å²) in [6.45, 7) is 12.1. The molecule has 0 saturated carbocycles. The van der Waals surface area contributed by atoms with Gasteiger partial charge in [-0.3, -0.25) is 0 Å². The Morgan fingerprint density at radius 1 is 1.06 bits per heavy atom. The van der Waals surface area contributed by atoms with E-state index in [0.29, 0.717) is 0 Å². The second-order valence-corrected chi connectivity index (χ2v) is 6.18. The second kappa shape index (κ2) is 4.34. The molecule has 1 aromatic carbocycles. The van der Waals surface area contributed by atoms with E-state index in [0.717, 1.165) is 22.4 Å². The lowest BCUT2D eigenvalue weighted by Crippen LogP contribution is -2.20. The number of hydrogen-bond donors (Lipinski definition) is 1. The molecule has 0 radical (unpaired) electrons. The monoisotopic (exact) mass is 236 g/mol. The Morgan fingerprint density at radius 2 is 1.59 bits per heavy atom. The minimum atomic E-state index is -0.822. The van der Waals surface area contributed by atoms with E-state index >= 15 is 0 Å². The van der Waals surface area contributed by atoms with Gasteiger partial charge >= 0.3 is 0 Å². The zero-order valence-electron chi connectivity index (χ0n) is 12.0. The first-order valence-electron chi connectivity index (χ1n) is 5.99. The summed E-state index contributed by atoms with van der Waals surface area (Å²) in [5.74, 6) is 0.922. The normalized spacial score (nSPS) is 12.7. The molecule has 0 spiro atoms. The van der Waals surface area contributed by atoms with Crippen LogP contribution in [0.25, 0.3) is 0 Å². The first-order valence-corrected chi connectivity index (χ1v) is 5.99. The standard InChI is InChI=1S/C15H24O2/c1-10-8-11(15(5,6)16)9-12(13(10)17-7)14(2,3)4/h8-9,16H,1-7H3. The lowest BCUT2D eigenvalue weighted by atomic mass is 9.82. The summed E-state index contributed by atoms with van der Waals surface area (Å²) in [6.07, 6.45) is 0. The van der Waals surface area contributed by atoms with Crippen LogP contribution in [-0.4, -0.2) is 12.2 Å². The molecule has 0 aliphatic heterocycles. The van der Waals surface area contributed by atoms with Crippen LogP contribution in [0.2, 0.25) is 0 Å². The molecule has 0 aromatic heterocycles. The van der Waals surface area contributed by atoms with E-state index in [2.05, 4.69) is 20.8 Å². The van der Waals surface area contributed by atoms with Crippen LogP contribution in [0.4, 0.5) is 0 Å². The van der Waals surface area contributed by atoms with Crippen LogP contribution in [0.5, 0.6) is 5.75 Å². The molecule has 0 fully saturated rings. The highest BCUT2D eigenvalue weighted by molar-refractivity contribution is 5.48. The van der Waals surface area contributed by atoms with E-state index in [1.165, 1.54) is 0 Å². The van der Waals surface area contributed by atoms with E-state index in [4.69, 9.17) is 4.74 Å². The van der Waals surface area contributed by atoms with Gasteiger partial charge in [0, 0.05) is 5.56 Å². The average Bonchev–Trinajstić information content (AvgIpc) is 2.13. The predicted octanol–water partition coefficient (Wildman–Crippen LogP) is 3.53. The van der Waals surface area contributed by atoms with Crippen molar-refractivity contribution in [3.63, 3.8) is 0 Å². The van der Waals surface area contributed by atoms with Crippen LogP contribution in [0.3, 0.4) is 0 Å². The molecule has 0 atom stereocenters. The molecule has 0 unspecified atom stereocenters. The second-order valence-electron chi connectivity index (χ2n) is 6.18. The summed E-state index contributed by atoms with van der Waals surface area (Å²) in [5, 5.41) is 10.1. The van der Waals surface area contributed by atoms with Gasteiger partial charge in [0.25, 0.3) is 0 Å². The molecule has 1 rings (SSSR count). The number of benzene rings is 1. The van der Waals surface area contributed by atoms with Crippen LogP contribution >= 0.6 is 0 Å². The van der Waals surface area contributed by atoms with Crippen molar-refractivity contribution in [1.29, 1.82) is 0 Å². The molecule has 17 heavy (non-hydrogen) atoms. The van der Waals surface area contributed by atoms with Gasteiger partial charge in [-0.05, 0) is 49.4 Å². The van der Waals surface area contributed by atoms with Crippen LogP contribution in [-0.2, 0) is 11.0 Å². The smallest absolute Gasteiger partial charge is 0.125 e. The molecule has 0 aliphatic carbocycles. The molecule has 0 bridgehead atoms. The number of ether oxygens (including phenoxy) is 1. The maximum Gasteiger partial charge on any atom is 0.125 e. The van der Waals surface area contributed by atoms with E-state index in [1.807, 2.05) is 19.1 Å². The highest BCUT2D eigenvalue weighted by Crippen LogP contribution is 2.37. The van der Waals surface area contributed by atoms with E-state index in [-0.39, 0.29) is 5.41 Å². The molecular formula is C15H24O2. The average molecular weight is 236 g/mol. The quantitative estimate of drug-likeness (QED) is 0.851. The summed E-state index contributed by atoms with van der Waals surface area (Å²) in [4.78, 5) is 0. The number of rotatable bonds is 2. The number of hydrogen-bond acceptors (Lipinski definition) is 2. The van der Waals surface area contributed by atoms with Crippen molar-refractivity contribution in [3.05, 3.63) is 28.8 Å². The predicted molar refractivity (Wildman–Crippen MR) is 71.7 cm³/mol. The molecule has 0 aliphatic rings. The van der Waals surface area contributed by atoms with Crippen molar-refractivity contribution in [2.24, 2.45) is 0 Å². The lowest BCUT2D eigenvalue weighted by Gasteiger charge is -2.27. The van der Waals surface area contributed by atoms with Gasteiger partial charge in [0.2, 0.25) is 0 Å². The fraction of sp³-hybridized carbons (Fsp3) is 0.600. The van der Waals surface area contributed by atoms with Crippen molar-refractivity contribution in [2.45, 2.75) is 52.6 Å². The Balaban J connectivity index is 3.51. The summed E-state index contributed by atoms with van der Waals surface area (Å²) < 4.78 is 5.49. The topological polar surface area (TPSA) is 29.5 Å². The molecule has 96 valence electrons. The maximum absolute atomic E-state index is 10.1. The van der Waals surface area contributed by atoms with E-state index in [9.17, 15) is 5.11 Å². The van der Waals surface area contributed by atoms with Crippen LogP contribution < -0.4 is 4.74 Å². The minimum absolute atomic E-state index is 0.00262. The SMILES string of the molecule is COc1c(C)cc(C(C)(C)O)cc1C(C)(C)C. The Bertz CT molecular complexity index is 406. The Kier molecular flexibility index (Phi) is 3.58. The van der Waals surface area contributed by atoms with Crippen molar-refractivity contribution in [3.8, 4) is 5.75 Å². The van der Waals surface area contributed by atoms with Crippen molar-refractivity contribution in [1.82, 2.24) is 0 Å². The largest absolute Gasteiger partial charge is 0.496 e. The summed E-state index contributed by atoms with van der Waals surface area (Å²) in [5.41, 5.74) is 2.31. The summed E-state index contributed by atoms with van der Waals surface area (Å²) in [7, 11) is 1.70. The third-order valence-electron chi connectivity index (χ3n) is 2.99. The highest BCUT2D eigenvalue weighted by Gasteiger charge is 2.25. The molecule has 0 saturated heterocycles.